The Morgan fingerprint density at radius 1 is 1.38 bits per heavy atom. The lowest BCUT2D eigenvalue weighted by Crippen LogP contribution is -2.12. The van der Waals surface area contributed by atoms with Crippen LogP contribution in [0.15, 0.2) is 28.3 Å². The Kier molecular flexibility index (Phi) is 7.18. The number of aliphatic carboxylic acids is 1. The maximum atomic E-state index is 10.5. The van der Waals surface area contributed by atoms with Gasteiger partial charge in [0.2, 0.25) is 0 Å². The van der Waals surface area contributed by atoms with Crippen molar-refractivity contribution >= 4 is 12.2 Å². The molecule has 0 aromatic rings. The van der Waals surface area contributed by atoms with Crippen LogP contribution in [0, 0.1) is 0 Å². The van der Waals surface area contributed by atoms with Crippen molar-refractivity contribution < 1.29 is 9.90 Å². The molecule has 0 amide bonds. The van der Waals surface area contributed by atoms with Gasteiger partial charge in [-0.15, -0.1) is 0 Å². The van der Waals surface area contributed by atoms with Crippen LogP contribution in [0.5, 0.6) is 0 Å². The molecular formula is C13H21NO2. The van der Waals surface area contributed by atoms with Gasteiger partial charge in [-0.1, -0.05) is 17.2 Å². The average molecular weight is 223 g/mol. The lowest BCUT2D eigenvalue weighted by Gasteiger charge is -1.98. The van der Waals surface area contributed by atoms with Crippen LogP contribution < -0.4 is 0 Å². The zero-order chi connectivity index (χ0) is 12.6. The number of allylic oxidation sites excluding steroid dienone is 4. The van der Waals surface area contributed by atoms with Gasteiger partial charge in [0.1, 0.15) is 6.04 Å². The summed E-state index contributed by atoms with van der Waals surface area (Å²) in [5.41, 5.74) is 2.53. The molecule has 0 spiro atoms. The van der Waals surface area contributed by atoms with Crippen LogP contribution >= 0.6 is 0 Å². The third-order valence-corrected chi connectivity index (χ3v) is 2.12. The number of rotatable bonds is 6. The lowest BCUT2D eigenvalue weighted by atomic mass is 10.1. The fraction of sp³-hybridized carbons (Fsp3) is 0.538. The van der Waals surface area contributed by atoms with Crippen LogP contribution in [0.1, 0.15) is 40.5 Å². The second-order valence-corrected chi connectivity index (χ2v) is 4.15. The van der Waals surface area contributed by atoms with Crippen molar-refractivity contribution in [2.75, 3.05) is 0 Å². The summed E-state index contributed by atoms with van der Waals surface area (Å²) in [4.78, 5) is 14.4. The number of aliphatic imine (C=N–C) groups is 1. The van der Waals surface area contributed by atoms with Crippen LogP contribution in [0.4, 0.5) is 0 Å². The Hall–Kier alpha value is -1.38. The van der Waals surface area contributed by atoms with Gasteiger partial charge in [-0.3, -0.25) is 4.99 Å². The van der Waals surface area contributed by atoms with Gasteiger partial charge in [-0.05, 0) is 46.6 Å². The number of hydrogen-bond donors (Lipinski definition) is 1. The van der Waals surface area contributed by atoms with E-state index in [4.69, 9.17) is 5.11 Å². The van der Waals surface area contributed by atoms with Crippen molar-refractivity contribution in [1.82, 2.24) is 0 Å². The number of carboxylic acid groups (broad SMARTS) is 1. The molecule has 16 heavy (non-hydrogen) atoms. The second kappa shape index (κ2) is 7.85. The molecule has 0 saturated heterocycles. The molecule has 1 N–H and O–H groups in total. The van der Waals surface area contributed by atoms with Gasteiger partial charge < -0.3 is 5.11 Å². The first-order valence-electron chi connectivity index (χ1n) is 5.48. The van der Waals surface area contributed by atoms with Gasteiger partial charge >= 0.3 is 5.97 Å². The molecule has 1 atom stereocenters. The van der Waals surface area contributed by atoms with Crippen molar-refractivity contribution in [3.63, 3.8) is 0 Å². The highest BCUT2D eigenvalue weighted by Gasteiger charge is 2.05. The Morgan fingerprint density at radius 2 is 2.00 bits per heavy atom. The number of nitrogens with zero attached hydrogens (tertiary/aromatic N) is 1. The highest BCUT2D eigenvalue weighted by molar-refractivity contribution is 5.79. The highest BCUT2D eigenvalue weighted by atomic mass is 16.4. The number of carbonyl (C=O) groups is 1. The first-order valence-corrected chi connectivity index (χ1v) is 5.48. The van der Waals surface area contributed by atoms with E-state index in [1.54, 1.807) is 13.1 Å². The van der Waals surface area contributed by atoms with E-state index in [0.717, 1.165) is 12.8 Å². The smallest absolute Gasteiger partial charge is 0.328 e. The highest BCUT2D eigenvalue weighted by Crippen LogP contribution is 2.05. The van der Waals surface area contributed by atoms with Gasteiger partial charge in [0, 0.05) is 6.21 Å². The van der Waals surface area contributed by atoms with Crippen molar-refractivity contribution in [2.24, 2.45) is 4.99 Å². The third kappa shape index (κ3) is 7.97. The third-order valence-electron chi connectivity index (χ3n) is 2.12. The van der Waals surface area contributed by atoms with E-state index < -0.39 is 12.0 Å². The predicted molar refractivity (Wildman–Crippen MR) is 68.0 cm³/mol. The molecule has 90 valence electrons. The molecule has 0 aromatic carbocycles. The minimum atomic E-state index is -0.896. The fourth-order valence-corrected chi connectivity index (χ4v) is 1.03. The molecule has 0 aliphatic heterocycles. The summed E-state index contributed by atoms with van der Waals surface area (Å²) in [5.74, 6) is -0.896. The van der Waals surface area contributed by atoms with Gasteiger partial charge in [-0.25, -0.2) is 4.79 Å². The molecular weight excluding hydrogens is 202 g/mol. The summed E-state index contributed by atoms with van der Waals surface area (Å²) < 4.78 is 0. The summed E-state index contributed by atoms with van der Waals surface area (Å²) in [5, 5.41) is 8.61. The van der Waals surface area contributed by atoms with Crippen LogP contribution in [0.2, 0.25) is 0 Å². The minimum Gasteiger partial charge on any atom is -0.480 e. The molecule has 0 fully saturated rings. The summed E-state index contributed by atoms with van der Waals surface area (Å²) in [6.45, 7) is 7.74. The van der Waals surface area contributed by atoms with Crippen LogP contribution in [0.25, 0.3) is 0 Å². The largest absolute Gasteiger partial charge is 0.480 e. The summed E-state index contributed by atoms with van der Waals surface area (Å²) in [6.07, 6.45) is 7.65. The zero-order valence-corrected chi connectivity index (χ0v) is 10.5. The van der Waals surface area contributed by atoms with Gasteiger partial charge in [-0.2, -0.15) is 0 Å². The predicted octanol–water partition coefficient (Wildman–Crippen LogP) is 3.22. The second-order valence-electron chi connectivity index (χ2n) is 4.15. The Balaban J connectivity index is 4.04. The van der Waals surface area contributed by atoms with Crippen molar-refractivity contribution in [3.05, 3.63) is 23.3 Å². The SMILES string of the molecule is CC(C)=CCCC(C)=CC=N[C@@H](C)C(=O)O. The lowest BCUT2D eigenvalue weighted by molar-refractivity contribution is -0.137. The van der Waals surface area contributed by atoms with Crippen LogP contribution in [-0.2, 0) is 4.79 Å². The first kappa shape index (κ1) is 14.6. The molecule has 0 aliphatic rings. The number of carboxylic acids is 1. The molecule has 3 nitrogen and oxygen atoms in total. The maximum Gasteiger partial charge on any atom is 0.328 e. The van der Waals surface area contributed by atoms with E-state index in [2.05, 4.69) is 24.9 Å². The molecule has 0 aliphatic carbocycles. The van der Waals surface area contributed by atoms with Gasteiger partial charge in [0.05, 0.1) is 0 Å². The van der Waals surface area contributed by atoms with E-state index in [0.29, 0.717) is 0 Å². The Bertz CT molecular complexity index is 310. The first-order chi connectivity index (χ1) is 7.43. The van der Waals surface area contributed by atoms with Crippen molar-refractivity contribution in [1.29, 1.82) is 0 Å². The quantitative estimate of drug-likeness (QED) is 0.555. The molecule has 0 radical (unpaired) electrons. The number of hydrogen-bond acceptors (Lipinski definition) is 2. The molecule has 0 unspecified atom stereocenters. The molecule has 0 aromatic heterocycles. The minimum absolute atomic E-state index is 0.665. The standard InChI is InChI=1S/C13H21NO2/c1-10(2)6-5-7-11(3)8-9-14-12(4)13(15)16/h6,8-9,12H,5,7H2,1-4H3,(H,15,16)/t12-/m0/s1. The van der Waals surface area contributed by atoms with E-state index in [1.807, 2.05) is 13.0 Å². The van der Waals surface area contributed by atoms with E-state index in [-0.39, 0.29) is 0 Å². The van der Waals surface area contributed by atoms with Crippen molar-refractivity contribution in [3.8, 4) is 0 Å². The van der Waals surface area contributed by atoms with Crippen LogP contribution in [-0.4, -0.2) is 23.3 Å². The van der Waals surface area contributed by atoms with Crippen LogP contribution in [0.3, 0.4) is 0 Å². The summed E-state index contributed by atoms with van der Waals surface area (Å²) in [6, 6.07) is -0.665. The zero-order valence-electron chi connectivity index (χ0n) is 10.5. The molecule has 0 bridgehead atoms. The fourth-order valence-electron chi connectivity index (χ4n) is 1.03. The Labute approximate surface area is 97.6 Å². The molecule has 0 rings (SSSR count). The summed E-state index contributed by atoms with van der Waals surface area (Å²) in [7, 11) is 0. The molecule has 0 heterocycles. The van der Waals surface area contributed by atoms with Gasteiger partial charge in [0.25, 0.3) is 0 Å². The topological polar surface area (TPSA) is 49.7 Å². The maximum absolute atomic E-state index is 10.5. The summed E-state index contributed by atoms with van der Waals surface area (Å²) >= 11 is 0. The van der Waals surface area contributed by atoms with Crippen molar-refractivity contribution in [2.45, 2.75) is 46.6 Å². The molecule has 3 heteroatoms. The van der Waals surface area contributed by atoms with E-state index >= 15 is 0 Å². The Morgan fingerprint density at radius 3 is 2.50 bits per heavy atom. The van der Waals surface area contributed by atoms with E-state index in [1.165, 1.54) is 11.1 Å². The molecule has 0 saturated carbocycles. The van der Waals surface area contributed by atoms with E-state index in [9.17, 15) is 4.79 Å². The normalized spacial score (nSPS) is 13.9. The van der Waals surface area contributed by atoms with Gasteiger partial charge in [0.15, 0.2) is 0 Å². The monoisotopic (exact) mass is 223 g/mol. The average Bonchev–Trinajstić information content (AvgIpc) is 2.16.